The number of benzene rings is 2. The van der Waals surface area contributed by atoms with Crippen LogP contribution in [-0.2, 0) is 16.1 Å². The first-order valence-electron chi connectivity index (χ1n) is 10.1. The van der Waals surface area contributed by atoms with Gasteiger partial charge in [0.1, 0.15) is 12.2 Å². The minimum atomic E-state index is -0.505. The van der Waals surface area contributed by atoms with E-state index in [1.807, 2.05) is 26.0 Å². The standard InChI is InChI=1S/C24H20BrNO6/c1-13-5-7-17-15(10-21(28)32-22(17)14(13)2)12-31-20(27)4-3-9-26-23(29)18-8-6-16(25)11-19(18)24(26)30/h5-8,10-11H,3-4,9,12H2,1-2H3. The molecule has 4 rings (SSSR count). The Bertz CT molecular complexity index is 1330. The topological polar surface area (TPSA) is 93.9 Å². The average Bonchev–Trinajstić information content (AvgIpc) is 2.99. The van der Waals surface area contributed by atoms with Gasteiger partial charge in [0, 0.05) is 34.5 Å². The molecule has 0 N–H and O–H groups in total. The summed E-state index contributed by atoms with van der Waals surface area (Å²) in [5, 5.41) is 0.720. The maximum absolute atomic E-state index is 12.5. The maximum atomic E-state index is 12.5. The molecule has 164 valence electrons. The van der Waals surface area contributed by atoms with Gasteiger partial charge in [0.2, 0.25) is 0 Å². The maximum Gasteiger partial charge on any atom is 0.336 e. The van der Waals surface area contributed by atoms with Crippen molar-refractivity contribution in [3.8, 4) is 0 Å². The summed E-state index contributed by atoms with van der Waals surface area (Å²) in [6, 6.07) is 10.0. The Morgan fingerprint density at radius 3 is 2.56 bits per heavy atom. The normalized spacial score (nSPS) is 13.0. The zero-order valence-corrected chi connectivity index (χ0v) is 19.2. The molecule has 0 saturated heterocycles. The number of rotatable bonds is 6. The van der Waals surface area contributed by atoms with Gasteiger partial charge >= 0.3 is 11.6 Å². The number of carbonyl (C=O) groups is 3. The lowest BCUT2D eigenvalue weighted by atomic mass is 10.0. The van der Waals surface area contributed by atoms with E-state index in [9.17, 15) is 19.2 Å². The molecule has 1 aromatic heterocycles. The smallest absolute Gasteiger partial charge is 0.336 e. The van der Waals surface area contributed by atoms with Crippen LogP contribution in [0.3, 0.4) is 0 Å². The van der Waals surface area contributed by atoms with E-state index in [0.717, 1.165) is 25.9 Å². The molecular weight excluding hydrogens is 478 g/mol. The van der Waals surface area contributed by atoms with Gasteiger partial charge in [-0.1, -0.05) is 28.1 Å². The largest absolute Gasteiger partial charge is 0.461 e. The van der Waals surface area contributed by atoms with Crippen LogP contribution in [0.5, 0.6) is 0 Å². The van der Waals surface area contributed by atoms with E-state index in [2.05, 4.69) is 15.9 Å². The van der Waals surface area contributed by atoms with Gasteiger partial charge in [0.15, 0.2) is 0 Å². The first-order chi connectivity index (χ1) is 15.3. The molecule has 0 saturated carbocycles. The predicted molar refractivity (Wildman–Crippen MR) is 120 cm³/mol. The summed E-state index contributed by atoms with van der Waals surface area (Å²) in [4.78, 5) is 50.2. The number of aryl methyl sites for hydroxylation is 2. The van der Waals surface area contributed by atoms with Crippen LogP contribution in [0.1, 0.15) is 50.2 Å². The zero-order chi connectivity index (χ0) is 23.0. The lowest BCUT2D eigenvalue weighted by molar-refractivity contribution is -0.145. The lowest BCUT2D eigenvalue weighted by Crippen LogP contribution is -2.31. The number of amides is 2. The molecule has 1 aliphatic rings. The van der Waals surface area contributed by atoms with Crippen molar-refractivity contribution in [2.75, 3.05) is 6.54 Å². The molecule has 1 aliphatic heterocycles. The Balaban J connectivity index is 1.36. The van der Waals surface area contributed by atoms with E-state index in [1.165, 1.54) is 6.07 Å². The van der Waals surface area contributed by atoms with Crippen molar-refractivity contribution in [3.05, 3.63) is 79.1 Å². The molecule has 0 atom stereocenters. The summed E-state index contributed by atoms with van der Waals surface area (Å²) in [5.41, 5.74) is 3.12. The van der Waals surface area contributed by atoms with Gasteiger partial charge in [-0.3, -0.25) is 19.3 Å². The molecule has 0 bridgehead atoms. The Kier molecular flexibility index (Phi) is 5.97. The Morgan fingerprint density at radius 1 is 1.03 bits per heavy atom. The molecule has 2 amide bonds. The predicted octanol–water partition coefficient (Wildman–Crippen LogP) is 4.29. The van der Waals surface area contributed by atoms with Crippen molar-refractivity contribution in [2.24, 2.45) is 0 Å². The third kappa shape index (κ3) is 4.10. The molecule has 0 unspecified atom stereocenters. The van der Waals surface area contributed by atoms with Crippen LogP contribution in [0.2, 0.25) is 0 Å². The number of hydrogen-bond donors (Lipinski definition) is 0. The third-order valence-corrected chi connectivity index (χ3v) is 6.09. The Morgan fingerprint density at radius 2 is 1.78 bits per heavy atom. The van der Waals surface area contributed by atoms with Gasteiger partial charge in [-0.05, 0) is 49.6 Å². The molecule has 32 heavy (non-hydrogen) atoms. The highest BCUT2D eigenvalue weighted by Crippen LogP contribution is 2.26. The fourth-order valence-corrected chi connectivity index (χ4v) is 4.08. The summed E-state index contributed by atoms with van der Waals surface area (Å²) >= 11 is 3.30. The number of ether oxygens (including phenoxy) is 1. The van der Waals surface area contributed by atoms with Crippen LogP contribution in [0.25, 0.3) is 11.0 Å². The number of halogens is 1. The minimum absolute atomic E-state index is 0.0363. The lowest BCUT2D eigenvalue weighted by Gasteiger charge is -2.13. The highest BCUT2D eigenvalue weighted by atomic mass is 79.9. The van der Waals surface area contributed by atoms with Gasteiger partial charge in [-0.15, -0.1) is 0 Å². The molecule has 3 aromatic rings. The van der Waals surface area contributed by atoms with Crippen LogP contribution in [-0.4, -0.2) is 29.2 Å². The second-order valence-corrected chi connectivity index (χ2v) is 8.61. The van der Waals surface area contributed by atoms with E-state index in [0.29, 0.717) is 22.3 Å². The Labute approximate surface area is 192 Å². The monoisotopic (exact) mass is 497 g/mol. The van der Waals surface area contributed by atoms with Gasteiger partial charge in [0.05, 0.1) is 11.1 Å². The summed E-state index contributed by atoms with van der Waals surface area (Å²) in [6.07, 6.45) is 0.316. The quantitative estimate of drug-likeness (QED) is 0.286. The summed E-state index contributed by atoms with van der Waals surface area (Å²) in [6.45, 7) is 3.85. The van der Waals surface area contributed by atoms with E-state index in [-0.39, 0.29) is 37.8 Å². The van der Waals surface area contributed by atoms with Crippen LogP contribution in [0.4, 0.5) is 0 Å². The van der Waals surface area contributed by atoms with Gasteiger partial charge in [-0.25, -0.2) is 4.79 Å². The second-order valence-electron chi connectivity index (χ2n) is 7.69. The SMILES string of the molecule is Cc1ccc2c(COC(=O)CCCN3C(=O)c4ccc(Br)cc4C3=O)cc(=O)oc2c1C. The molecule has 2 heterocycles. The van der Waals surface area contributed by atoms with Crippen LogP contribution >= 0.6 is 15.9 Å². The van der Waals surface area contributed by atoms with Gasteiger partial charge in [0.25, 0.3) is 11.8 Å². The summed E-state index contributed by atoms with van der Waals surface area (Å²) in [5.74, 6) is -1.21. The van der Waals surface area contributed by atoms with Gasteiger partial charge in [-0.2, -0.15) is 0 Å². The highest BCUT2D eigenvalue weighted by molar-refractivity contribution is 9.10. The number of hydrogen-bond acceptors (Lipinski definition) is 6. The third-order valence-electron chi connectivity index (χ3n) is 5.60. The fraction of sp³-hybridized carbons (Fsp3) is 0.250. The summed E-state index contributed by atoms with van der Waals surface area (Å²) < 4.78 is 11.4. The molecule has 8 heteroatoms. The fourth-order valence-electron chi connectivity index (χ4n) is 3.72. The number of imide groups is 1. The minimum Gasteiger partial charge on any atom is -0.461 e. The van der Waals surface area contributed by atoms with E-state index >= 15 is 0 Å². The van der Waals surface area contributed by atoms with Crippen molar-refractivity contribution in [1.29, 1.82) is 0 Å². The molecule has 0 fully saturated rings. The van der Waals surface area contributed by atoms with Crippen molar-refractivity contribution < 1.29 is 23.5 Å². The second kappa shape index (κ2) is 8.70. The number of fused-ring (bicyclic) bond motifs is 2. The molecule has 2 aromatic carbocycles. The molecule has 0 spiro atoms. The molecule has 0 aliphatic carbocycles. The number of esters is 1. The first-order valence-corrected chi connectivity index (χ1v) is 10.9. The highest BCUT2D eigenvalue weighted by Gasteiger charge is 2.35. The Hall–Kier alpha value is -3.26. The molecule has 7 nitrogen and oxygen atoms in total. The van der Waals surface area contributed by atoms with E-state index in [1.54, 1.807) is 18.2 Å². The number of nitrogens with zero attached hydrogens (tertiary/aromatic N) is 1. The van der Waals surface area contributed by atoms with Crippen LogP contribution < -0.4 is 5.63 Å². The van der Waals surface area contributed by atoms with E-state index in [4.69, 9.17) is 9.15 Å². The number of carbonyl (C=O) groups excluding carboxylic acids is 3. The van der Waals surface area contributed by atoms with Gasteiger partial charge < -0.3 is 9.15 Å². The van der Waals surface area contributed by atoms with Crippen molar-refractivity contribution in [2.45, 2.75) is 33.3 Å². The molecular formula is C24H20BrNO6. The summed E-state index contributed by atoms with van der Waals surface area (Å²) in [7, 11) is 0. The first kappa shape index (κ1) is 22.0. The zero-order valence-electron chi connectivity index (χ0n) is 17.6. The van der Waals surface area contributed by atoms with Crippen molar-refractivity contribution in [1.82, 2.24) is 4.90 Å². The van der Waals surface area contributed by atoms with E-state index < -0.39 is 11.6 Å². The van der Waals surface area contributed by atoms with Crippen molar-refractivity contribution in [3.63, 3.8) is 0 Å². The van der Waals surface area contributed by atoms with Crippen LogP contribution in [0, 0.1) is 13.8 Å². The van der Waals surface area contributed by atoms with Crippen molar-refractivity contribution >= 4 is 44.7 Å². The van der Waals surface area contributed by atoms with Crippen LogP contribution in [0.15, 0.2) is 50.1 Å². The average molecular weight is 498 g/mol. The molecule has 0 radical (unpaired) electrons.